The zero-order valence-electron chi connectivity index (χ0n) is 21.0. The van der Waals surface area contributed by atoms with Crippen LogP contribution in [-0.4, -0.2) is 79.8 Å². The van der Waals surface area contributed by atoms with Gasteiger partial charge in [0.15, 0.2) is 0 Å². The highest BCUT2D eigenvalue weighted by atomic mass is 32.2. The van der Waals surface area contributed by atoms with E-state index in [2.05, 4.69) is 10.3 Å². The van der Waals surface area contributed by atoms with Crippen LogP contribution in [0, 0.1) is 0 Å². The molecule has 10 heteroatoms. The minimum atomic E-state index is -3.50. The van der Waals surface area contributed by atoms with Crippen molar-refractivity contribution in [2.45, 2.75) is 30.7 Å². The zero-order valence-corrected chi connectivity index (χ0v) is 22.6. The summed E-state index contributed by atoms with van der Waals surface area (Å²) in [4.78, 5) is 22.3. The number of ether oxygens (including phenoxy) is 1. The van der Waals surface area contributed by atoms with Crippen LogP contribution in [0.15, 0.2) is 58.8 Å². The van der Waals surface area contributed by atoms with Gasteiger partial charge in [0.25, 0.3) is 5.91 Å². The number of carbonyl (C=O) groups is 1. The second-order valence-corrected chi connectivity index (χ2v) is 12.3. The van der Waals surface area contributed by atoms with Gasteiger partial charge in [-0.1, -0.05) is 18.6 Å². The van der Waals surface area contributed by atoms with Gasteiger partial charge < -0.3 is 9.64 Å². The highest BCUT2D eigenvalue weighted by molar-refractivity contribution is 7.89. The summed E-state index contributed by atoms with van der Waals surface area (Å²) in [6.07, 6.45) is 2.86. The van der Waals surface area contributed by atoms with Crippen molar-refractivity contribution in [2.24, 2.45) is 0 Å². The van der Waals surface area contributed by atoms with E-state index in [1.807, 2.05) is 29.2 Å². The van der Waals surface area contributed by atoms with Crippen LogP contribution in [0.2, 0.25) is 0 Å². The molecule has 1 amide bonds. The molecule has 0 bridgehead atoms. The standard InChI is InChI=1S/C27H32N4O4S2/c1-35-23-7-5-6-22(18-23)25-20-36-26(28-25)19-29-14-16-30(17-15-29)27(32)21-8-10-24(11-9-21)37(33,34)31-12-3-2-4-13-31/h5-11,18,20H,2-4,12-17,19H2,1H3. The van der Waals surface area contributed by atoms with Crippen LogP contribution in [-0.2, 0) is 16.6 Å². The van der Waals surface area contributed by atoms with Crippen LogP contribution in [0.4, 0.5) is 0 Å². The van der Waals surface area contributed by atoms with Crippen molar-refractivity contribution >= 4 is 27.3 Å². The first-order chi connectivity index (χ1) is 17.9. The maximum atomic E-state index is 13.1. The van der Waals surface area contributed by atoms with Gasteiger partial charge in [-0.25, -0.2) is 13.4 Å². The fourth-order valence-corrected chi connectivity index (χ4v) is 7.17. The molecule has 2 aliphatic rings. The van der Waals surface area contributed by atoms with E-state index in [1.165, 1.54) is 0 Å². The molecule has 0 radical (unpaired) electrons. The Balaban J connectivity index is 1.15. The number of amides is 1. The Morgan fingerprint density at radius 1 is 0.973 bits per heavy atom. The van der Waals surface area contributed by atoms with Gasteiger partial charge in [-0.15, -0.1) is 11.3 Å². The van der Waals surface area contributed by atoms with Gasteiger partial charge in [0.05, 0.1) is 24.2 Å². The molecule has 2 aliphatic heterocycles. The molecular formula is C27H32N4O4S2. The van der Waals surface area contributed by atoms with Gasteiger partial charge in [-0.3, -0.25) is 9.69 Å². The molecule has 0 atom stereocenters. The van der Waals surface area contributed by atoms with Crippen LogP contribution in [0.1, 0.15) is 34.6 Å². The summed E-state index contributed by atoms with van der Waals surface area (Å²) in [5.74, 6) is 0.752. The molecule has 3 heterocycles. The van der Waals surface area contributed by atoms with Crippen molar-refractivity contribution < 1.29 is 17.9 Å². The molecule has 1 aromatic heterocycles. The molecule has 5 rings (SSSR count). The van der Waals surface area contributed by atoms with E-state index in [9.17, 15) is 13.2 Å². The first-order valence-electron chi connectivity index (χ1n) is 12.6. The number of piperazine rings is 1. The van der Waals surface area contributed by atoms with Crippen LogP contribution in [0.25, 0.3) is 11.3 Å². The largest absolute Gasteiger partial charge is 0.497 e. The number of rotatable bonds is 7. The SMILES string of the molecule is COc1cccc(-c2csc(CN3CCN(C(=O)c4ccc(S(=O)(=O)N5CCCCC5)cc4)CC3)n2)c1. The molecule has 2 fully saturated rings. The van der Waals surface area contributed by atoms with Crippen molar-refractivity contribution in [1.29, 1.82) is 0 Å². The average molecular weight is 541 g/mol. The molecular weight excluding hydrogens is 508 g/mol. The summed E-state index contributed by atoms with van der Waals surface area (Å²) in [6.45, 7) is 4.66. The van der Waals surface area contributed by atoms with Crippen molar-refractivity contribution in [3.8, 4) is 17.0 Å². The second-order valence-electron chi connectivity index (χ2n) is 9.42. The molecule has 2 saturated heterocycles. The maximum Gasteiger partial charge on any atom is 0.253 e. The Morgan fingerprint density at radius 3 is 2.41 bits per heavy atom. The topological polar surface area (TPSA) is 83.0 Å². The van der Waals surface area contributed by atoms with Crippen LogP contribution in [0.3, 0.4) is 0 Å². The first kappa shape index (κ1) is 25.8. The Bertz CT molecular complexity index is 1330. The van der Waals surface area contributed by atoms with Gasteiger partial charge in [0, 0.05) is 55.8 Å². The number of methoxy groups -OCH3 is 1. The summed E-state index contributed by atoms with van der Waals surface area (Å²) in [6, 6.07) is 14.3. The predicted octanol–water partition coefficient (Wildman–Crippen LogP) is 3.95. The zero-order chi connectivity index (χ0) is 25.8. The molecule has 3 aromatic rings. The fraction of sp³-hybridized carbons (Fsp3) is 0.407. The maximum absolute atomic E-state index is 13.1. The lowest BCUT2D eigenvalue weighted by Crippen LogP contribution is -2.48. The lowest BCUT2D eigenvalue weighted by atomic mass is 10.1. The van der Waals surface area contributed by atoms with Crippen LogP contribution in [0.5, 0.6) is 5.75 Å². The molecule has 0 unspecified atom stereocenters. The summed E-state index contributed by atoms with van der Waals surface area (Å²) >= 11 is 1.64. The molecule has 0 N–H and O–H groups in total. The lowest BCUT2D eigenvalue weighted by Gasteiger charge is -2.34. The number of thiazole rings is 1. The van der Waals surface area contributed by atoms with E-state index in [4.69, 9.17) is 9.72 Å². The monoisotopic (exact) mass is 540 g/mol. The Labute approximate surface area is 222 Å². The number of hydrogen-bond acceptors (Lipinski definition) is 7. The Hall–Kier alpha value is -2.79. The van der Waals surface area contributed by atoms with E-state index in [-0.39, 0.29) is 10.8 Å². The number of aromatic nitrogens is 1. The highest BCUT2D eigenvalue weighted by Gasteiger charge is 2.27. The highest BCUT2D eigenvalue weighted by Crippen LogP contribution is 2.26. The summed E-state index contributed by atoms with van der Waals surface area (Å²) in [5, 5.41) is 3.11. The van der Waals surface area contributed by atoms with Gasteiger partial charge in [-0.05, 0) is 49.2 Å². The quantitative estimate of drug-likeness (QED) is 0.451. The molecule has 196 valence electrons. The summed E-state index contributed by atoms with van der Waals surface area (Å²) < 4.78 is 32.6. The third-order valence-electron chi connectivity index (χ3n) is 6.99. The van der Waals surface area contributed by atoms with Gasteiger partial charge in [-0.2, -0.15) is 4.31 Å². The van der Waals surface area contributed by atoms with Crippen molar-refractivity contribution in [2.75, 3.05) is 46.4 Å². The third kappa shape index (κ3) is 5.87. The van der Waals surface area contributed by atoms with Gasteiger partial charge >= 0.3 is 0 Å². The third-order valence-corrected chi connectivity index (χ3v) is 9.74. The summed E-state index contributed by atoms with van der Waals surface area (Å²) in [7, 11) is -1.84. The second kappa shape index (κ2) is 11.3. The minimum absolute atomic E-state index is 0.0591. The lowest BCUT2D eigenvalue weighted by molar-refractivity contribution is 0.0628. The smallest absolute Gasteiger partial charge is 0.253 e. The van der Waals surface area contributed by atoms with Gasteiger partial charge in [0.1, 0.15) is 10.8 Å². The molecule has 0 spiro atoms. The van der Waals surface area contributed by atoms with E-state index >= 15 is 0 Å². The fourth-order valence-electron chi connectivity index (χ4n) is 4.81. The summed E-state index contributed by atoms with van der Waals surface area (Å²) in [5.41, 5.74) is 2.50. The molecule has 8 nitrogen and oxygen atoms in total. The van der Waals surface area contributed by atoms with E-state index < -0.39 is 10.0 Å². The number of nitrogens with zero attached hydrogens (tertiary/aromatic N) is 4. The van der Waals surface area contributed by atoms with Crippen molar-refractivity contribution in [1.82, 2.24) is 19.1 Å². The van der Waals surface area contributed by atoms with Crippen LogP contribution >= 0.6 is 11.3 Å². The average Bonchev–Trinajstić information content (AvgIpc) is 3.42. The number of hydrogen-bond donors (Lipinski definition) is 0. The van der Waals surface area contributed by atoms with Crippen molar-refractivity contribution in [3.63, 3.8) is 0 Å². The molecule has 0 saturated carbocycles. The van der Waals surface area contributed by atoms with E-state index in [0.29, 0.717) is 31.7 Å². The number of piperidine rings is 1. The van der Waals surface area contributed by atoms with E-state index in [0.717, 1.165) is 60.9 Å². The molecule has 37 heavy (non-hydrogen) atoms. The van der Waals surface area contributed by atoms with E-state index in [1.54, 1.807) is 47.0 Å². The Morgan fingerprint density at radius 2 is 1.70 bits per heavy atom. The van der Waals surface area contributed by atoms with Crippen LogP contribution < -0.4 is 4.74 Å². The Kier molecular flexibility index (Phi) is 7.89. The number of sulfonamides is 1. The number of benzene rings is 2. The molecule has 2 aromatic carbocycles. The first-order valence-corrected chi connectivity index (χ1v) is 15.0. The predicted molar refractivity (Wildman–Crippen MR) is 144 cm³/mol. The minimum Gasteiger partial charge on any atom is -0.497 e. The van der Waals surface area contributed by atoms with Gasteiger partial charge in [0.2, 0.25) is 10.0 Å². The van der Waals surface area contributed by atoms with Crippen molar-refractivity contribution in [3.05, 3.63) is 64.5 Å². The number of carbonyl (C=O) groups excluding carboxylic acids is 1. The normalized spacial score (nSPS) is 17.6. The molecule has 0 aliphatic carbocycles.